The zero-order valence-corrected chi connectivity index (χ0v) is 17.5. The molecule has 0 aliphatic heterocycles. The molecule has 5 nitrogen and oxygen atoms in total. The zero-order chi connectivity index (χ0) is 22.3. The first-order valence-electron chi connectivity index (χ1n) is 10.0. The van der Waals surface area contributed by atoms with E-state index < -0.39 is 17.6 Å². The topological polar surface area (TPSA) is 61.1 Å². The lowest BCUT2D eigenvalue weighted by molar-refractivity contribution is -0.137. The number of nitrogens with one attached hydrogen (secondary N) is 1. The molecule has 0 radical (unpaired) electrons. The van der Waals surface area contributed by atoms with Crippen LogP contribution in [0.4, 0.5) is 13.2 Å². The van der Waals surface area contributed by atoms with E-state index in [0.717, 1.165) is 44.6 Å². The monoisotopic (exact) mass is 420 g/mol. The van der Waals surface area contributed by atoms with E-state index >= 15 is 0 Å². The molecule has 1 atom stereocenters. The molecule has 2 rings (SSSR count). The molecule has 1 N–H and O–H groups in total. The van der Waals surface area contributed by atoms with E-state index in [2.05, 4.69) is 24.1 Å². The Labute approximate surface area is 175 Å². The summed E-state index contributed by atoms with van der Waals surface area (Å²) in [6.45, 7) is 8.93. The number of carbonyl (C=O) groups excluding carboxylic acids is 1. The quantitative estimate of drug-likeness (QED) is 0.645. The van der Waals surface area contributed by atoms with Gasteiger partial charge in [0, 0.05) is 17.9 Å². The minimum atomic E-state index is -4.50. The van der Waals surface area contributed by atoms with Crippen molar-refractivity contribution in [3.8, 4) is 11.8 Å². The minimum absolute atomic E-state index is 0.0346. The van der Waals surface area contributed by atoms with E-state index in [1.54, 1.807) is 0 Å². The highest BCUT2D eigenvalue weighted by atomic mass is 19.4. The van der Waals surface area contributed by atoms with Crippen LogP contribution in [0, 0.1) is 11.3 Å². The Morgan fingerprint density at radius 1 is 1.27 bits per heavy atom. The number of nitriles is 1. The molecule has 0 fully saturated rings. The first-order chi connectivity index (χ1) is 14.2. The van der Waals surface area contributed by atoms with Gasteiger partial charge in [0.1, 0.15) is 11.8 Å². The van der Waals surface area contributed by atoms with E-state index in [0.29, 0.717) is 0 Å². The molecule has 0 bridgehead atoms. The number of benzene rings is 1. The van der Waals surface area contributed by atoms with Crippen LogP contribution in [0.1, 0.15) is 55.2 Å². The van der Waals surface area contributed by atoms with Crippen molar-refractivity contribution in [1.82, 2.24) is 14.8 Å². The molecule has 8 heteroatoms. The van der Waals surface area contributed by atoms with Crippen molar-refractivity contribution in [2.75, 3.05) is 19.6 Å². The van der Waals surface area contributed by atoms with Crippen molar-refractivity contribution in [2.24, 2.45) is 0 Å². The molecule has 1 aromatic carbocycles. The number of aromatic nitrogens is 1. The van der Waals surface area contributed by atoms with Crippen LogP contribution in [-0.4, -0.2) is 41.1 Å². The standard InChI is InChI=1S/C22H27F3N4O/c1-4-28(5-2)12-7-8-16(3)27-21(30)20-17(15-26)11-13-29(20)19-10-6-9-18(14-19)22(23,24)25/h6,9-11,13-14,16H,4-5,7-8,12H2,1-3H3,(H,27,30). The largest absolute Gasteiger partial charge is 0.416 e. The molecule has 162 valence electrons. The van der Waals surface area contributed by atoms with Crippen LogP contribution in [0.15, 0.2) is 36.5 Å². The number of hydrogen-bond donors (Lipinski definition) is 1. The molecule has 0 aliphatic carbocycles. The molecule has 2 aromatic rings. The van der Waals surface area contributed by atoms with Crippen LogP contribution in [0.25, 0.3) is 5.69 Å². The third kappa shape index (κ3) is 5.86. The molecule has 0 spiro atoms. The fourth-order valence-electron chi connectivity index (χ4n) is 3.33. The third-order valence-corrected chi connectivity index (χ3v) is 5.06. The van der Waals surface area contributed by atoms with Gasteiger partial charge in [0.2, 0.25) is 0 Å². The van der Waals surface area contributed by atoms with Gasteiger partial charge in [-0.15, -0.1) is 0 Å². The summed E-state index contributed by atoms with van der Waals surface area (Å²) >= 11 is 0. The maximum absolute atomic E-state index is 13.1. The van der Waals surface area contributed by atoms with Crippen molar-refractivity contribution < 1.29 is 18.0 Å². The molecular weight excluding hydrogens is 393 g/mol. The van der Waals surface area contributed by atoms with Gasteiger partial charge in [0.25, 0.3) is 5.91 Å². The van der Waals surface area contributed by atoms with Crippen LogP contribution in [-0.2, 0) is 6.18 Å². The molecule has 0 saturated carbocycles. The summed E-state index contributed by atoms with van der Waals surface area (Å²) in [4.78, 5) is 15.2. The van der Waals surface area contributed by atoms with Gasteiger partial charge in [-0.2, -0.15) is 18.4 Å². The van der Waals surface area contributed by atoms with Crippen LogP contribution in [0.2, 0.25) is 0 Å². The molecular formula is C22H27F3N4O. The van der Waals surface area contributed by atoms with Gasteiger partial charge >= 0.3 is 6.18 Å². The van der Waals surface area contributed by atoms with Gasteiger partial charge in [-0.25, -0.2) is 0 Å². The van der Waals surface area contributed by atoms with Crippen molar-refractivity contribution in [2.45, 2.75) is 45.8 Å². The lowest BCUT2D eigenvalue weighted by atomic mass is 10.1. The second kappa shape index (κ2) is 10.3. The molecule has 0 saturated heterocycles. The summed E-state index contributed by atoms with van der Waals surface area (Å²) in [5, 5.41) is 12.2. The number of carbonyl (C=O) groups is 1. The van der Waals surface area contributed by atoms with E-state index in [1.165, 1.54) is 29.0 Å². The van der Waals surface area contributed by atoms with Crippen molar-refractivity contribution in [3.05, 3.63) is 53.3 Å². The lowest BCUT2D eigenvalue weighted by Crippen LogP contribution is -2.35. The van der Waals surface area contributed by atoms with E-state index in [4.69, 9.17) is 0 Å². The van der Waals surface area contributed by atoms with Crippen molar-refractivity contribution >= 4 is 5.91 Å². The third-order valence-electron chi connectivity index (χ3n) is 5.06. The zero-order valence-electron chi connectivity index (χ0n) is 17.5. The maximum atomic E-state index is 13.1. The summed E-state index contributed by atoms with van der Waals surface area (Å²) in [5.41, 5.74) is -0.498. The Morgan fingerprint density at radius 3 is 2.57 bits per heavy atom. The average molecular weight is 420 g/mol. The molecule has 1 amide bonds. The highest BCUT2D eigenvalue weighted by molar-refractivity contribution is 5.96. The van der Waals surface area contributed by atoms with Gasteiger partial charge in [-0.3, -0.25) is 4.79 Å². The number of nitrogens with zero attached hydrogens (tertiary/aromatic N) is 3. The van der Waals surface area contributed by atoms with Crippen LogP contribution < -0.4 is 5.32 Å². The predicted octanol–water partition coefficient (Wildman–Crippen LogP) is 4.61. The van der Waals surface area contributed by atoms with Gasteiger partial charge in [0.05, 0.1) is 11.1 Å². The smallest absolute Gasteiger partial charge is 0.348 e. The Balaban J connectivity index is 2.19. The minimum Gasteiger partial charge on any atom is -0.348 e. The number of amides is 1. The first kappa shape index (κ1) is 23.5. The Hall–Kier alpha value is -2.79. The van der Waals surface area contributed by atoms with Crippen molar-refractivity contribution in [1.29, 1.82) is 5.26 Å². The first-order valence-corrected chi connectivity index (χ1v) is 10.0. The number of halogens is 3. The second-order valence-corrected chi connectivity index (χ2v) is 7.15. The molecule has 1 heterocycles. The Bertz CT molecular complexity index is 895. The Kier molecular flexibility index (Phi) is 8.07. The van der Waals surface area contributed by atoms with E-state index in [1.807, 2.05) is 13.0 Å². The van der Waals surface area contributed by atoms with E-state index in [9.17, 15) is 23.2 Å². The average Bonchev–Trinajstić information content (AvgIpc) is 3.15. The summed E-state index contributed by atoms with van der Waals surface area (Å²) in [5.74, 6) is -0.482. The highest BCUT2D eigenvalue weighted by Crippen LogP contribution is 2.31. The Morgan fingerprint density at radius 2 is 1.97 bits per heavy atom. The predicted molar refractivity (Wildman–Crippen MR) is 109 cm³/mol. The second-order valence-electron chi connectivity index (χ2n) is 7.15. The number of alkyl halides is 3. The number of hydrogen-bond acceptors (Lipinski definition) is 3. The summed E-state index contributed by atoms with van der Waals surface area (Å²) < 4.78 is 40.5. The molecule has 1 aromatic heterocycles. The fourth-order valence-corrected chi connectivity index (χ4v) is 3.33. The summed E-state index contributed by atoms with van der Waals surface area (Å²) in [6.07, 6.45) is -1.39. The molecule has 0 aliphatic rings. The molecule has 30 heavy (non-hydrogen) atoms. The SMILES string of the molecule is CCN(CC)CCCC(C)NC(=O)c1c(C#N)ccn1-c1cccc(C(F)(F)F)c1. The van der Waals surface area contributed by atoms with Gasteiger partial charge in [0.15, 0.2) is 0 Å². The van der Waals surface area contributed by atoms with Gasteiger partial charge in [-0.05, 0) is 63.7 Å². The summed E-state index contributed by atoms with van der Waals surface area (Å²) in [6, 6.07) is 7.93. The van der Waals surface area contributed by atoms with E-state index in [-0.39, 0.29) is 23.0 Å². The lowest BCUT2D eigenvalue weighted by Gasteiger charge is -2.20. The fraction of sp³-hybridized carbons (Fsp3) is 0.455. The maximum Gasteiger partial charge on any atom is 0.416 e. The van der Waals surface area contributed by atoms with Gasteiger partial charge in [-0.1, -0.05) is 19.9 Å². The number of rotatable bonds is 9. The van der Waals surface area contributed by atoms with Crippen LogP contribution in [0.5, 0.6) is 0 Å². The van der Waals surface area contributed by atoms with Crippen molar-refractivity contribution in [3.63, 3.8) is 0 Å². The summed E-state index contributed by atoms with van der Waals surface area (Å²) in [7, 11) is 0. The van der Waals surface area contributed by atoms with Gasteiger partial charge < -0.3 is 14.8 Å². The highest BCUT2D eigenvalue weighted by Gasteiger charge is 2.31. The van der Waals surface area contributed by atoms with Crippen LogP contribution >= 0.6 is 0 Å². The van der Waals surface area contributed by atoms with Crippen LogP contribution in [0.3, 0.4) is 0 Å². The normalized spacial score (nSPS) is 12.6. The molecule has 1 unspecified atom stereocenters.